The van der Waals surface area contributed by atoms with Gasteiger partial charge in [-0.05, 0) is 51.7 Å². The van der Waals surface area contributed by atoms with Crippen molar-refractivity contribution in [1.82, 2.24) is 9.21 Å². The molecule has 0 bridgehead atoms. The summed E-state index contributed by atoms with van der Waals surface area (Å²) in [5.74, 6) is 0.238. The van der Waals surface area contributed by atoms with Crippen molar-refractivity contribution in [3.8, 4) is 0 Å². The van der Waals surface area contributed by atoms with Crippen molar-refractivity contribution < 1.29 is 17.9 Å². The Kier molecular flexibility index (Phi) is 6.11. The van der Waals surface area contributed by atoms with Gasteiger partial charge in [0.25, 0.3) is 0 Å². The lowest BCUT2D eigenvalue weighted by Gasteiger charge is -2.34. The number of ether oxygens (including phenoxy) is 1. The molecule has 1 aromatic carbocycles. The molecule has 0 aromatic heterocycles. The Morgan fingerprint density at radius 2 is 1.76 bits per heavy atom. The van der Waals surface area contributed by atoms with Crippen LogP contribution < -0.4 is 0 Å². The summed E-state index contributed by atoms with van der Waals surface area (Å²) in [6.07, 6.45) is 1.25. The first-order valence-electron chi connectivity index (χ1n) is 8.59. The number of carbonyl (C=O) groups is 1. The van der Waals surface area contributed by atoms with Gasteiger partial charge in [0.05, 0.1) is 4.90 Å². The van der Waals surface area contributed by atoms with E-state index >= 15 is 0 Å². The van der Waals surface area contributed by atoms with Gasteiger partial charge in [0, 0.05) is 26.7 Å². The van der Waals surface area contributed by atoms with Crippen molar-refractivity contribution in [3.05, 3.63) is 30.3 Å². The highest BCUT2D eigenvalue weighted by Gasteiger charge is 2.29. The van der Waals surface area contributed by atoms with E-state index in [0.29, 0.717) is 24.5 Å². The van der Waals surface area contributed by atoms with E-state index in [1.165, 1.54) is 4.31 Å². The fourth-order valence-electron chi connectivity index (χ4n) is 2.86. The molecule has 6 nitrogen and oxygen atoms in total. The number of sulfonamides is 1. The highest BCUT2D eigenvalue weighted by Crippen LogP contribution is 2.23. The van der Waals surface area contributed by atoms with E-state index in [4.69, 9.17) is 4.74 Å². The molecule has 0 saturated carbocycles. The average molecular weight is 368 g/mol. The van der Waals surface area contributed by atoms with Crippen molar-refractivity contribution in [2.75, 3.05) is 26.7 Å². The first-order chi connectivity index (χ1) is 11.6. The van der Waals surface area contributed by atoms with E-state index in [0.717, 1.165) is 12.8 Å². The second-order valence-electron chi connectivity index (χ2n) is 7.51. The van der Waals surface area contributed by atoms with Crippen LogP contribution in [0.1, 0.15) is 33.6 Å². The summed E-state index contributed by atoms with van der Waals surface area (Å²) in [6.45, 7) is 7.19. The average Bonchev–Trinajstić information content (AvgIpc) is 2.54. The number of benzene rings is 1. The first-order valence-corrected chi connectivity index (χ1v) is 10.0. The van der Waals surface area contributed by atoms with Crippen molar-refractivity contribution >= 4 is 16.1 Å². The van der Waals surface area contributed by atoms with Gasteiger partial charge in [-0.1, -0.05) is 18.2 Å². The molecule has 140 valence electrons. The molecule has 1 saturated heterocycles. The third-order valence-corrected chi connectivity index (χ3v) is 6.07. The number of carbonyl (C=O) groups excluding carboxylic acids is 1. The lowest BCUT2D eigenvalue weighted by atomic mass is 9.97. The van der Waals surface area contributed by atoms with Gasteiger partial charge in [0.15, 0.2) is 0 Å². The zero-order valence-electron chi connectivity index (χ0n) is 15.4. The quantitative estimate of drug-likeness (QED) is 0.819. The van der Waals surface area contributed by atoms with Gasteiger partial charge in [-0.15, -0.1) is 0 Å². The zero-order chi connectivity index (χ0) is 18.7. The second-order valence-corrected chi connectivity index (χ2v) is 9.55. The maximum Gasteiger partial charge on any atom is 0.410 e. The summed E-state index contributed by atoms with van der Waals surface area (Å²) < 4.78 is 32.0. The van der Waals surface area contributed by atoms with Crippen LogP contribution in [-0.4, -0.2) is 56.0 Å². The number of hydrogen-bond acceptors (Lipinski definition) is 4. The topological polar surface area (TPSA) is 66.9 Å². The third kappa shape index (κ3) is 5.44. The highest BCUT2D eigenvalue weighted by atomic mass is 32.2. The highest BCUT2D eigenvalue weighted by molar-refractivity contribution is 7.89. The maximum atomic E-state index is 12.6. The molecule has 0 radical (unpaired) electrons. The van der Waals surface area contributed by atoms with Crippen molar-refractivity contribution in [2.24, 2.45) is 5.92 Å². The molecule has 1 fully saturated rings. The van der Waals surface area contributed by atoms with Gasteiger partial charge in [-0.2, -0.15) is 0 Å². The molecule has 1 aliphatic heterocycles. The number of nitrogens with zero attached hydrogens (tertiary/aromatic N) is 2. The van der Waals surface area contributed by atoms with E-state index in [1.54, 1.807) is 42.3 Å². The fourth-order valence-corrected chi connectivity index (χ4v) is 4.13. The summed E-state index contributed by atoms with van der Waals surface area (Å²) in [5, 5.41) is 0. The minimum Gasteiger partial charge on any atom is -0.444 e. The number of amides is 1. The van der Waals surface area contributed by atoms with Crippen LogP contribution in [0.2, 0.25) is 0 Å². The lowest BCUT2D eigenvalue weighted by Crippen LogP contribution is -2.44. The number of hydrogen-bond donors (Lipinski definition) is 0. The van der Waals surface area contributed by atoms with Gasteiger partial charge >= 0.3 is 6.09 Å². The number of piperidine rings is 1. The molecule has 1 heterocycles. The van der Waals surface area contributed by atoms with E-state index in [9.17, 15) is 13.2 Å². The molecule has 2 rings (SSSR count). The summed E-state index contributed by atoms with van der Waals surface area (Å²) in [5.41, 5.74) is -0.502. The third-order valence-electron chi connectivity index (χ3n) is 4.23. The van der Waals surface area contributed by atoms with Crippen LogP contribution in [0.5, 0.6) is 0 Å². The monoisotopic (exact) mass is 368 g/mol. The molecular weight excluding hydrogens is 340 g/mol. The van der Waals surface area contributed by atoms with Crippen molar-refractivity contribution in [2.45, 2.75) is 44.1 Å². The molecule has 0 aliphatic carbocycles. The van der Waals surface area contributed by atoms with Crippen LogP contribution >= 0.6 is 0 Å². The van der Waals surface area contributed by atoms with Crippen LogP contribution in [0.25, 0.3) is 0 Å². The summed E-state index contributed by atoms with van der Waals surface area (Å²) in [6, 6.07) is 8.46. The number of likely N-dealkylation sites (tertiary alicyclic amines) is 1. The van der Waals surface area contributed by atoms with Gasteiger partial charge in [0.2, 0.25) is 10.0 Å². The van der Waals surface area contributed by atoms with E-state index < -0.39 is 15.6 Å². The second kappa shape index (κ2) is 7.74. The molecule has 0 atom stereocenters. The predicted octanol–water partition coefficient (Wildman–Crippen LogP) is 2.95. The van der Waals surface area contributed by atoms with Crippen LogP contribution in [0.4, 0.5) is 4.79 Å². The Bertz CT molecular complexity index is 675. The predicted molar refractivity (Wildman–Crippen MR) is 96.8 cm³/mol. The van der Waals surface area contributed by atoms with Crippen molar-refractivity contribution in [3.63, 3.8) is 0 Å². The van der Waals surface area contributed by atoms with E-state index in [1.807, 2.05) is 20.8 Å². The Hall–Kier alpha value is -1.60. The van der Waals surface area contributed by atoms with Crippen LogP contribution in [-0.2, 0) is 14.8 Å². The molecule has 1 aliphatic rings. The molecular formula is C18H28N2O4S. The summed E-state index contributed by atoms with van der Waals surface area (Å²) >= 11 is 0. The van der Waals surface area contributed by atoms with Crippen LogP contribution in [0, 0.1) is 5.92 Å². The molecule has 1 aromatic rings. The maximum absolute atomic E-state index is 12.6. The Balaban J connectivity index is 1.88. The Morgan fingerprint density at radius 1 is 1.20 bits per heavy atom. The van der Waals surface area contributed by atoms with Crippen LogP contribution in [0.15, 0.2) is 35.2 Å². The molecule has 0 unspecified atom stereocenters. The van der Waals surface area contributed by atoms with Gasteiger partial charge in [-0.25, -0.2) is 17.5 Å². The molecule has 1 amide bonds. The van der Waals surface area contributed by atoms with Crippen molar-refractivity contribution in [1.29, 1.82) is 0 Å². The smallest absolute Gasteiger partial charge is 0.410 e. The van der Waals surface area contributed by atoms with E-state index in [2.05, 4.69) is 0 Å². The Labute approximate surface area is 150 Å². The Morgan fingerprint density at radius 3 is 2.28 bits per heavy atom. The number of rotatable bonds is 4. The standard InChI is InChI=1S/C18H28N2O4S/c1-18(2,3)24-17(21)20-12-10-15(11-13-20)14-19(4)25(22,23)16-8-6-5-7-9-16/h5-9,15H,10-14H2,1-4H3. The summed E-state index contributed by atoms with van der Waals surface area (Å²) in [4.78, 5) is 14.1. The first kappa shape index (κ1) is 19.7. The molecule has 25 heavy (non-hydrogen) atoms. The lowest BCUT2D eigenvalue weighted by molar-refractivity contribution is 0.0179. The molecule has 7 heteroatoms. The van der Waals surface area contributed by atoms with Gasteiger partial charge < -0.3 is 9.64 Å². The molecule has 0 spiro atoms. The normalized spacial score (nSPS) is 16.9. The van der Waals surface area contributed by atoms with E-state index in [-0.39, 0.29) is 12.0 Å². The summed E-state index contributed by atoms with van der Waals surface area (Å²) in [7, 11) is -1.85. The SMILES string of the molecule is CN(CC1CCN(C(=O)OC(C)(C)C)CC1)S(=O)(=O)c1ccccc1. The molecule has 0 N–H and O–H groups in total. The zero-order valence-corrected chi connectivity index (χ0v) is 16.3. The van der Waals surface area contributed by atoms with Gasteiger partial charge in [0.1, 0.15) is 5.60 Å². The van der Waals surface area contributed by atoms with Gasteiger partial charge in [-0.3, -0.25) is 0 Å². The minimum absolute atomic E-state index is 0.238. The minimum atomic E-state index is -3.46. The largest absolute Gasteiger partial charge is 0.444 e. The van der Waals surface area contributed by atoms with Crippen LogP contribution in [0.3, 0.4) is 0 Å². The fraction of sp³-hybridized carbons (Fsp3) is 0.611.